The predicted molar refractivity (Wildman–Crippen MR) is 110 cm³/mol. The molecule has 0 spiro atoms. The van der Waals surface area contributed by atoms with E-state index >= 15 is 0 Å². The minimum Gasteiger partial charge on any atom is -0.473 e. The lowest BCUT2D eigenvalue weighted by Gasteiger charge is -2.19. The zero-order valence-electron chi connectivity index (χ0n) is 15.7. The number of carbonyl (C=O) groups excluding carboxylic acids is 1. The molecular formula is C19H22BrN3O4S. The molecule has 0 radical (unpaired) electrons. The van der Waals surface area contributed by atoms with Crippen LogP contribution in [0.2, 0.25) is 0 Å². The fourth-order valence-corrected chi connectivity index (χ4v) is 4.95. The van der Waals surface area contributed by atoms with Crippen molar-refractivity contribution in [1.82, 2.24) is 9.29 Å². The second-order valence-electron chi connectivity index (χ2n) is 6.59. The molecule has 7 nitrogen and oxygen atoms in total. The van der Waals surface area contributed by atoms with E-state index in [0.29, 0.717) is 36.5 Å². The summed E-state index contributed by atoms with van der Waals surface area (Å²) < 4.78 is 34.2. The number of nitrogens with one attached hydrogen (secondary N) is 1. The van der Waals surface area contributed by atoms with Crippen LogP contribution in [0.4, 0.5) is 5.69 Å². The minimum absolute atomic E-state index is 0.115. The van der Waals surface area contributed by atoms with Gasteiger partial charge in [-0.2, -0.15) is 4.31 Å². The van der Waals surface area contributed by atoms with Crippen molar-refractivity contribution in [3.63, 3.8) is 0 Å². The number of pyridine rings is 1. The Labute approximate surface area is 173 Å². The number of sulfonamides is 1. The highest BCUT2D eigenvalue weighted by atomic mass is 79.9. The van der Waals surface area contributed by atoms with E-state index in [0.717, 1.165) is 4.47 Å². The van der Waals surface area contributed by atoms with E-state index in [1.165, 1.54) is 4.31 Å². The van der Waals surface area contributed by atoms with Crippen LogP contribution in [-0.4, -0.2) is 42.8 Å². The molecule has 28 heavy (non-hydrogen) atoms. The lowest BCUT2D eigenvalue weighted by molar-refractivity contribution is -0.115. The molecule has 150 valence electrons. The molecule has 0 aliphatic carbocycles. The highest BCUT2D eigenvalue weighted by Crippen LogP contribution is 2.27. The summed E-state index contributed by atoms with van der Waals surface area (Å²) >= 11 is 3.32. The number of benzene rings is 1. The van der Waals surface area contributed by atoms with Gasteiger partial charge in [0.1, 0.15) is 6.10 Å². The summed E-state index contributed by atoms with van der Waals surface area (Å²) in [6.07, 6.45) is 2.36. The molecule has 0 bridgehead atoms. The zero-order chi connectivity index (χ0) is 20.3. The third-order valence-electron chi connectivity index (χ3n) is 4.49. The summed E-state index contributed by atoms with van der Waals surface area (Å²) in [5, 5.41) is 2.74. The molecule has 1 atom stereocenters. The number of anilines is 1. The van der Waals surface area contributed by atoms with Crippen molar-refractivity contribution in [3.05, 3.63) is 46.6 Å². The van der Waals surface area contributed by atoms with Crippen molar-refractivity contribution in [1.29, 1.82) is 0 Å². The maximum Gasteiger partial charge on any atom is 0.243 e. The monoisotopic (exact) mass is 467 g/mol. The van der Waals surface area contributed by atoms with Crippen LogP contribution in [0.3, 0.4) is 0 Å². The van der Waals surface area contributed by atoms with Gasteiger partial charge in [0.2, 0.25) is 21.8 Å². The largest absolute Gasteiger partial charge is 0.473 e. The Kier molecular flexibility index (Phi) is 6.36. The van der Waals surface area contributed by atoms with E-state index in [9.17, 15) is 13.2 Å². The van der Waals surface area contributed by atoms with Crippen LogP contribution in [0.15, 0.2) is 45.9 Å². The molecule has 1 fully saturated rings. The van der Waals surface area contributed by atoms with Gasteiger partial charge in [-0.25, -0.2) is 13.4 Å². The Morgan fingerprint density at radius 1 is 1.36 bits per heavy atom. The molecule has 1 aromatic heterocycles. The van der Waals surface area contributed by atoms with E-state index in [-0.39, 0.29) is 23.5 Å². The van der Waals surface area contributed by atoms with Gasteiger partial charge in [-0.1, -0.05) is 6.92 Å². The molecule has 3 rings (SSSR count). The predicted octanol–water partition coefficient (Wildman–Crippen LogP) is 3.34. The molecule has 1 amide bonds. The molecule has 1 aliphatic rings. The first-order valence-corrected chi connectivity index (χ1v) is 11.2. The Bertz CT molecular complexity index is 964. The number of rotatable bonds is 6. The van der Waals surface area contributed by atoms with Crippen molar-refractivity contribution in [2.24, 2.45) is 0 Å². The molecule has 1 N–H and O–H groups in total. The van der Waals surface area contributed by atoms with Crippen LogP contribution >= 0.6 is 15.9 Å². The van der Waals surface area contributed by atoms with E-state index in [4.69, 9.17) is 4.74 Å². The quantitative estimate of drug-likeness (QED) is 0.703. The summed E-state index contributed by atoms with van der Waals surface area (Å²) in [7, 11) is -3.64. The smallest absolute Gasteiger partial charge is 0.243 e. The number of nitrogens with zero attached hydrogens (tertiary/aromatic N) is 2. The van der Waals surface area contributed by atoms with Crippen LogP contribution in [0.5, 0.6) is 5.88 Å². The Morgan fingerprint density at radius 2 is 2.14 bits per heavy atom. The van der Waals surface area contributed by atoms with Gasteiger partial charge < -0.3 is 10.1 Å². The first-order valence-electron chi connectivity index (χ1n) is 8.98. The first kappa shape index (κ1) is 20.8. The van der Waals surface area contributed by atoms with Crippen molar-refractivity contribution in [2.45, 2.75) is 37.7 Å². The maximum atomic E-state index is 13.0. The van der Waals surface area contributed by atoms with Gasteiger partial charge in [0.15, 0.2) is 0 Å². The van der Waals surface area contributed by atoms with Crippen molar-refractivity contribution in [2.75, 3.05) is 18.4 Å². The number of carbonyl (C=O) groups is 1. The number of aryl methyl sites for hydroxylation is 1. The lowest BCUT2D eigenvalue weighted by Crippen LogP contribution is -2.31. The number of hydrogen-bond acceptors (Lipinski definition) is 5. The van der Waals surface area contributed by atoms with Crippen molar-refractivity contribution >= 4 is 37.5 Å². The van der Waals surface area contributed by atoms with E-state index in [2.05, 4.69) is 26.2 Å². The van der Waals surface area contributed by atoms with Gasteiger partial charge in [-0.05, 0) is 59.1 Å². The third kappa shape index (κ3) is 4.71. The number of ether oxygens (including phenoxy) is 1. The number of halogens is 1. The molecule has 2 heterocycles. The number of amides is 1. The van der Waals surface area contributed by atoms with Gasteiger partial charge in [0.05, 0.1) is 11.4 Å². The fourth-order valence-electron chi connectivity index (χ4n) is 3.02. The van der Waals surface area contributed by atoms with Crippen molar-refractivity contribution in [3.8, 4) is 5.88 Å². The second-order valence-corrected chi connectivity index (χ2v) is 9.41. The molecule has 1 saturated heterocycles. The van der Waals surface area contributed by atoms with Crippen molar-refractivity contribution < 1.29 is 17.9 Å². The number of hydrogen-bond donors (Lipinski definition) is 1. The highest BCUT2D eigenvalue weighted by molar-refractivity contribution is 9.10. The molecule has 0 saturated carbocycles. The fraction of sp³-hybridized carbons (Fsp3) is 0.368. The average molecular weight is 468 g/mol. The van der Waals surface area contributed by atoms with E-state index in [1.54, 1.807) is 44.3 Å². The zero-order valence-corrected chi connectivity index (χ0v) is 18.1. The summed E-state index contributed by atoms with van der Waals surface area (Å²) in [6.45, 7) is 4.14. The average Bonchev–Trinajstić information content (AvgIpc) is 3.13. The van der Waals surface area contributed by atoms with Crippen LogP contribution in [0.25, 0.3) is 0 Å². The van der Waals surface area contributed by atoms with Crippen LogP contribution in [0, 0.1) is 6.92 Å². The normalized spacial score (nSPS) is 17.5. The summed E-state index contributed by atoms with van der Waals surface area (Å²) in [4.78, 5) is 15.9. The van der Waals surface area contributed by atoms with Gasteiger partial charge >= 0.3 is 0 Å². The van der Waals surface area contributed by atoms with E-state index in [1.807, 2.05) is 6.07 Å². The summed E-state index contributed by atoms with van der Waals surface area (Å²) in [5.41, 5.74) is 1.18. The lowest BCUT2D eigenvalue weighted by atomic mass is 10.2. The number of aromatic nitrogens is 1. The SMILES string of the molecule is CCC(=O)Nc1ccc(S(=O)(=O)N2CCC(Oc3ccc(Br)cn3)C2)c(C)c1. The Balaban J connectivity index is 1.71. The van der Waals surface area contributed by atoms with E-state index < -0.39 is 10.0 Å². The Hall–Kier alpha value is -1.97. The summed E-state index contributed by atoms with van der Waals surface area (Å²) in [5.74, 6) is 0.357. The maximum absolute atomic E-state index is 13.0. The second kappa shape index (κ2) is 8.59. The third-order valence-corrected chi connectivity index (χ3v) is 6.99. The topological polar surface area (TPSA) is 88.6 Å². The van der Waals surface area contributed by atoms with Crippen LogP contribution in [-0.2, 0) is 14.8 Å². The summed E-state index contributed by atoms with van der Waals surface area (Å²) in [6, 6.07) is 8.41. The Morgan fingerprint density at radius 3 is 2.79 bits per heavy atom. The minimum atomic E-state index is -3.64. The molecule has 9 heteroatoms. The first-order chi connectivity index (χ1) is 13.3. The van der Waals surface area contributed by atoms with Gasteiger partial charge in [0, 0.05) is 35.4 Å². The standard InChI is InChI=1S/C19H22BrN3O4S/c1-3-18(24)22-15-5-6-17(13(2)10-15)28(25,26)23-9-8-16(12-23)27-19-7-4-14(20)11-21-19/h4-7,10-11,16H,3,8-9,12H2,1-2H3,(H,22,24). The van der Waals surface area contributed by atoms with Gasteiger partial charge in [-0.3, -0.25) is 4.79 Å². The van der Waals surface area contributed by atoms with Crippen LogP contribution < -0.4 is 10.1 Å². The van der Waals surface area contributed by atoms with Gasteiger partial charge in [0.25, 0.3) is 0 Å². The molecule has 1 unspecified atom stereocenters. The molecule has 1 aliphatic heterocycles. The van der Waals surface area contributed by atoms with Gasteiger partial charge in [-0.15, -0.1) is 0 Å². The van der Waals surface area contributed by atoms with Crippen LogP contribution in [0.1, 0.15) is 25.3 Å². The molecule has 1 aromatic carbocycles. The molecular weight excluding hydrogens is 446 g/mol. The molecule has 2 aromatic rings. The highest BCUT2D eigenvalue weighted by Gasteiger charge is 2.34.